The fourth-order valence-corrected chi connectivity index (χ4v) is 3.38. The highest BCUT2D eigenvalue weighted by molar-refractivity contribution is 5.35. The van der Waals surface area contributed by atoms with Crippen molar-refractivity contribution in [1.82, 2.24) is 0 Å². The molecule has 27 heavy (non-hydrogen) atoms. The van der Waals surface area contributed by atoms with Gasteiger partial charge >= 0.3 is 0 Å². The largest absolute Gasteiger partial charge is 0.494 e. The van der Waals surface area contributed by atoms with Gasteiger partial charge in [0, 0.05) is 5.92 Å². The van der Waals surface area contributed by atoms with Crippen LogP contribution in [0.15, 0.2) is 36.4 Å². The molecule has 2 unspecified atom stereocenters. The molecular formula is C22H26F2O3. The van der Waals surface area contributed by atoms with Crippen LogP contribution in [-0.2, 0) is 11.2 Å². The van der Waals surface area contributed by atoms with Gasteiger partial charge < -0.3 is 14.2 Å². The molecule has 2 atom stereocenters. The maximum absolute atomic E-state index is 14.0. The highest BCUT2D eigenvalue weighted by Crippen LogP contribution is 2.32. The lowest BCUT2D eigenvalue weighted by atomic mass is 9.94. The summed E-state index contributed by atoms with van der Waals surface area (Å²) in [5.41, 5.74) is 2.54. The summed E-state index contributed by atoms with van der Waals surface area (Å²) in [6.07, 6.45) is 4.13. The summed E-state index contributed by atoms with van der Waals surface area (Å²) in [6.45, 7) is 3.01. The molecule has 0 radical (unpaired) electrons. The zero-order valence-corrected chi connectivity index (χ0v) is 15.8. The number of methoxy groups -OCH3 is 1. The van der Waals surface area contributed by atoms with Crippen molar-refractivity contribution in [3.8, 4) is 11.5 Å². The van der Waals surface area contributed by atoms with Gasteiger partial charge in [-0.2, -0.15) is 8.78 Å². The van der Waals surface area contributed by atoms with E-state index >= 15 is 0 Å². The van der Waals surface area contributed by atoms with E-state index in [1.807, 2.05) is 0 Å². The van der Waals surface area contributed by atoms with E-state index in [-0.39, 0.29) is 23.5 Å². The first-order chi connectivity index (χ1) is 13.1. The Balaban J connectivity index is 1.50. The highest BCUT2D eigenvalue weighted by atomic mass is 19.2. The van der Waals surface area contributed by atoms with Crippen LogP contribution in [0, 0.1) is 17.6 Å². The number of benzene rings is 2. The standard InChI is InChI=1S/C22H26F2O3/c1-3-4-15-5-8-17(9-6-15)18-10-7-16(13-26-18)14-27-20-12-11-19(25-2)21(23)22(20)24/h5-6,8-9,11-12,16,18H,3-4,7,10,13-14H2,1-2H3. The minimum absolute atomic E-state index is 0.0899. The van der Waals surface area contributed by atoms with E-state index in [9.17, 15) is 8.78 Å². The second-order valence-corrected chi connectivity index (χ2v) is 6.96. The molecule has 0 aliphatic carbocycles. The molecule has 1 saturated heterocycles. The summed E-state index contributed by atoms with van der Waals surface area (Å²) in [5, 5.41) is 0. The van der Waals surface area contributed by atoms with Gasteiger partial charge in [0.1, 0.15) is 0 Å². The van der Waals surface area contributed by atoms with Gasteiger partial charge in [0.25, 0.3) is 0 Å². The van der Waals surface area contributed by atoms with Crippen molar-refractivity contribution in [2.24, 2.45) is 5.92 Å². The van der Waals surface area contributed by atoms with Crippen LogP contribution in [0.3, 0.4) is 0 Å². The summed E-state index contributed by atoms with van der Waals surface area (Å²) in [5.74, 6) is -2.11. The van der Waals surface area contributed by atoms with Crippen LogP contribution in [0.5, 0.6) is 11.5 Å². The van der Waals surface area contributed by atoms with E-state index in [0.29, 0.717) is 13.2 Å². The van der Waals surface area contributed by atoms with Crippen LogP contribution in [0.2, 0.25) is 0 Å². The maximum atomic E-state index is 14.0. The van der Waals surface area contributed by atoms with Crippen LogP contribution in [-0.4, -0.2) is 20.3 Å². The molecule has 0 N–H and O–H groups in total. The molecule has 0 bridgehead atoms. The lowest BCUT2D eigenvalue weighted by molar-refractivity contribution is -0.0289. The lowest BCUT2D eigenvalue weighted by Gasteiger charge is -2.29. The van der Waals surface area contributed by atoms with E-state index in [1.165, 1.54) is 30.4 Å². The Labute approximate surface area is 159 Å². The van der Waals surface area contributed by atoms with E-state index in [0.717, 1.165) is 25.7 Å². The Morgan fingerprint density at radius 2 is 1.70 bits per heavy atom. The smallest absolute Gasteiger partial charge is 0.204 e. The van der Waals surface area contributed by atoms with Crippen LogP contribution in [0.1, 0.15) is 43.4 Å². The van der Waals surface area contributed by atoms with Gasteiger partial charge in [-0.3, -0.25) is 0 Å². The molecule has 1 fully saturated rings. The van der Waals surface area contributed by atoms with Crippen molar-refractivity contribution in [2.75, 3.05) is 20.3 Å². The zero-order chi connectivity index (χ0) is 19.2. The van der Waals surface area contributed by atoms with Crippen molar-refractivity contribution in [3.63, 3.8) is 0 Å². The van der Waals surface area contributed by atoms with Crippen molar-refractivity contribution >= 4 is 0 Å². The van der Waals surface area contributed by atoms with Crippen LogP contribution in [0.4, 0.5) is 8.78 Å². The summed E-state index contributed by atoms with van der Waals surface area (Å²) in [6, 6.07) is 11.4. The van der Waals surface area contributed by atoms with E-state index < -0.39 is 11.6 Å². The van der Waals surface area contributed by atoms with E-state index in [2.05, 4.69) is 31.2 Å². The molecule has 1 aliphatic rings. The topological polar surface area (TPSA) is 27.7 Å². The summed E-state index contributed by atoms with van der Waals surface area (Å²) in [7, 11) is 1.30. The number of halogens is 2. The Morgan fingerprint density at radius 3 is 2.33 bits per heavy atom. The van der Waals surface area contributed by atoms with Gasteiger partial charge in [-0.25, -0.2) is 0 Å². The van der Waals surface area contributed by atoms with Crippen LogP contribution < -0.4 is 9.47 Å². The zero-order valence-electron chi connectivity index (χ0n) is 15.8. The van der Waals surface area contributed by atoms with Gasteiger partial charge in [0.05, 0.1) is 26.4 Å². The average Bonchev–Trinajstić information content (AvgIpc) is 2.70. The highest BCUT2D eigenvalue weighted by Gasteiger charge is 2.24. The van der Waals surface area contributed by atoms with Gasteiger partial charge in [0.15, 0.2) is 11.5 Å². The third-order valence-corrected chi connectivity index (χ3v) is 4.97. The predicted octanol–water partition coefficient (Wildman–Crippen LogP) is 5.47. The second-order valence-electron chi connectivity index (χ2n) is 6.96. The molecule has 2 aromatic carbocycles. The van der Waals surface area contributed by atoms with E-state index in [4.69, 9.17) is 14.2 Å². The molecule has 0 saturated carbocycles. The first-order valence-electron chi connectivity index (χ1n) is 9.47. The maximum Gasteiger partial charge on any atom is 0.204 e. The SMILES string of the molecule is CCCc1ccc(C2CCC(COc3ccc(OC)c(F)c3F)CO2)cc1. The summed E-state index contributed by atoms with van der Waals surface area (Å²) in [4.78, 5) is 0. The number of rotatable bonds is 7. The molecule has 2 aromatic rings. The molecule has 0 aromatic heterocycles. The lowest BCUT2D eigenvalue weighted by Crippen LogP contribution is -2.25. The third kappa shape index (κ3) is 4.78. The third-order valence-electron chi connectivity index (χ3n) is 4.97. The Hall–Kier alpha value is -2.14. The Morgan fingerprint density at radius 1 is 1.00 bits per heavy atom. The number of ether oxygens (including phenoxy) is 3. The molecular weight excluding hydrogens is 350 g/mol. The summed E-state index contributed by atoms with van der Waals surface area (Å²) < 4.78 is 43.9. The monoisotopic (exact) mass is 376 g/mol. The molecule has 5 heteroatoms. The number of hydrogen-bond acceptors (Lipinski definition) is 3. The second kappa shape index (κ2) is 9.18. The van der Waals surface area contributed by atoms with Gasteiger partial charge in [0.2, 0.25) is 11.6 Å². The minimum atomic E-state index is -1.03. The van der Waals surface area contributed by atoms with Gasteiger partial charge in [-0.05, 0) is 42.5 Å². The first-order valence-corrected chi connectivity index (χ1v) is 9.47. The molecule has 1 heterocycles. The first kappa shape index (κ1) is 19.6. The molecule has 146 valence electrons. The van der Waals surface area contributed by atoms with Crippen molar-refractivity contribution in [2.45, 2.75) is 38.7 Å². The van der Waals surface area contributed by atoms with Crippen LogP contribution >= 0.6 is 0 Å². The minimum Gasteiger partial charge on any atom is -0.494 e. The molecule has 1 aliphatic heterocycles. The van der Waals surface area contributed by atoms with Crippen molar-refractivity contribution in [1.29, 1.82) is 0 Å². The van der Waals surface area contributed by atoms with E-state index in [1.54, 1.807) is 0 Å². The predicted molar refractivity (Wildman–Crippen MR) is 100 cm³/mol. The number of hydrogen-bond donors (Lipinski definition) is 0. The Kier molecular flexibility index (Phi) is 6.67. The summed E-state index contributed by atoms with van der Waals surface area (Å²) >= 11 is 0. The fourth-order valence-electron chi connectivity index (χ4n) is 3.38. The van der Waals surface area contributed by atoms with Crippen LogP contribution in [0.25, 0.3) is 0 Å². The normalized spacial score (nSPS) is 19.7. The number of aryl methyl sites for hydroxylation is 1. The van der Waals surface area contributed by atoms with Gasteiger partial charge in [-0.15, -0.1) is 0 Å². The average molecular weight is 376 g/mol. The van der Waals surface area contributed by atoms with Crippen molar-refractivity contribution < 1.29 is 23.0 Å². The van der Waals surface area contributed by atoms with Gasteiger partial charge in [-0.1, -0.05) is 37.6 Å². The molecule has 3 nitrogen and oxygen atoms in total. The Bertz CT molecular complexity index is 738. The quantitative estimate of drug-likeness (QED) is 0.641. The molecule has 0 spiro atoms. The fraction of sp³-hybridized carbons (Fsp3) is 0.455. The molecule has 3 rings (SSSR count). The van der Waals surface area contributed by atoms with Crippen molar-refractivity contribution in [3.05, 3.63) is 59.2 Å². The molecule has 0 amide bonds.